The zero-order valence-electron chi connectivity index (χ0n) is 15.9. The standard InChI is InChI=1S/C19H32O3Si/c1-12(2)14-10-9-13-11-15(14)17(16(13)18(20)21-6)22-23(7,8)19(3,4)5/h9-10,12-15H,11H2,1-8H3/t13-,14-,15-/m0/s1. The maximum atomic E-state index is 12.4. The second kappa shape index (κ2) is 6.12. The molecule has 4 heteroatoms. The average molecular weight is 337 g/mol. The first-order chi connectivity index (χ1) is 10.5. The van der Waals surface area contributed by atoms with Crippen LogP contribution in [-0.2, 0) is 14.0 Å². The Morgan fingerprint density at radius 2 is 1.87 bits per heavy atom. The highest BCUT2D eigenvalue weighted by molar-refractivity contribution is 6.74. The maximum Gasteiger partial charge on any atom is 0.337 e. The molecular weight excluding hydrogens is 304 g/mol. The average Bonchev–Trinajstić information content (AvgIpc) is 2.69. The van der Waals surface area contributed by atoms with E-state index in [9.17, 15) is 4.79 Å². The molecule has 0 fully saturated rings. The van der Waals surface area contributed by atoms with Gasteiger partial charge in [0.05, 0.1) is 18.4 Å². The lowest BCUT2D eigenvalue weighted by molar-refractivity contribution is -0.136. The molecule has 0 heterocycles. The van der Waals surface area contributed by atoms with Crippen molar-refractivity contribution >= 4 is 14.3 Å². The number of carbonyl (C=O) groups is 1. The summed E-state index contributed by atoms with van der Waals surface area (Å²) in [4.78, 5) is 12.4. The topological polar surface area (TPSA) is 35.5 Å². The van der Waals surface area contributed by atoms with Crippen LogP contribution < -0.4 is 0 Å². The number of hydrogen-bond donors (Lipinski definition) is 0. The third-order valence-electron chi connectivity index (χ3n) is 5.86. The van der Waals surface area contributed by atoms with Gasteiger partial charge in [0.15, 0.2) is 0 Å². The predicted octanol–water partition coefficient (Wildman–Crippen LogP) is 4.91. The van der Waals surface area contributed by atoms with E-state index in [4.69, 9.17) is 9.16 Å². The number of esters is 1. The molecule has 23 heavy (non-hydrogen) atoms. The lowest BCUT2D eigenvalue weighted by Crippen LogP contribution is -2.41. The molecule has 2 aliphatic carbocycles. The van der Waals surface area contributed by atoms with Crippen LogP contribution in [0.15, 0.2) is 23.5 Å². The summed E-state index contributed by atoms with van der Waals surface area (Å²) >= 11 is 0. The van der Waals surface area contributed by atoms with Gasteiger partial charge in [-0.3, -0.25) is 0 Å². The number of hydrogen-bond acceptors (Lipinski definition) is 3. The van der Waals surface area contributed by atoms with Crippen molar-refractivity contribution in [2.45, 2.75) is 59.2 Å². The van der Waals surface area contributed by atoms with Crippen LogP contribution in [0.1, 0.15) is 41.0 Å². The van der Waals surface area contributed by atoms with Gasteiger partial charge in [-0.25, -0.2) is 4.79 Å². The Hall–Kier alpha value is -1.03. The minimum absolute atomic E-state index is 0.110. The van der Waals surface area contributed by atoms with Crippen molar-refractivity contribution in [1.29, 1.82) is 0 Å². The summed E-state index contributed by atoms with van der Waals surface area (Å²) in [5, 5.41) is 0.110. The van der Waals surface area contributed by atoms with E-state index in [0.29, 0.717) is 17.8 Å². The Bertz CT molecular complexity index is 537. The van der Waals surface area contributed by atoms with Crippen LogP contribution in [0, 0.1) is 23.7 Å². The van der Waals surface area contributed by atoms with Gasteiger partial charge in [0.25, 0.3) is 0 Å². The van der Waals surface area contributed by atoms with E-state index in [-0.39, 0.29) is 16.9 Å². The predicted molar refractivity (Wildman–Crippen MR) is 96.4 cm³/mol. The second-order valence-electron chi connectivity index (χ2n) is 8.79. The van der Waals surface area contributed by atoms with E-state index >= 15 is 0 Å². The summed E-state index contributed by atoms with van der Waals surface area (Å²) in [7, 11) is -0.525. The van der Waals surface area contributed by atoms with Crippen molar-refractivity contribution in [2.24, 2.45) is 23.7 Å². The van der Waals surface area contributed by atoms with E-state index in [1.807, 2.05) is 0 Å². The van der Waals surface area contributed by atoms with Gasteiger partial charge in [-0.05, 0) is 36.4 Å². The van der Waals surface area contributed by atoms with E-state index in [1.165, 1.54) is 7.11 Å². The minimum Gasteiger partial charge on any atom is -0.546 e. The molecule has 0 spiro atoms. The maximum absolute atomic E-state index is 12.4. The Balaban J connectivity index is 2.46. The molecule has 0 unspecified atom stereocenters. The summed E-state index contributed by atoms with van der Waals surface area (Å²) in [6.07, 6.45) is 5.46. The molecule has 0 N–H and O–H groups in total. The number of rotatable bonds is 4. The molecule has 0 aromatic heterocycles. The molecule has 2 rings (SSSR count). The quantitative estimate of drug-likeness (QED) is 0.415. The molecule has 3 nitrogen and oxygen atoms in total. The van der Waals surface area contributed by atoms with Gasteiger partial charge in [0, 0.05) is 11.8 Å². The largest absolute Gasteiger partial charge is 0.546 e. The third kappa shape index (κ3) is 3.28. The van der Waals surface area contributed by atoms with Crippen LogP contribution in [0.5, 0.6) is 0 Å². The number of allylic oxidation sites excluding steroid dienone is 3. The van der Waals surface area contributed by atoms with Gasteiger partial charge in [0.2, 0.25) is 8.32 Å². The SMILES string of the molecule is COC(=O)C1=C(O[Si](C)(C)C(C)(C)C)[C@H]2C[C@@H]1C=C[C@H]2C(C)C. The van der Waals surface area contributed by atoms with E-state index < -0.39 is 8.32 Å². The Morgan fingerprint density at radius 1 is 1.26 bits per heavy atom. The molecule has 3 atom stereocenters. The smallest absolute Gasteiger partial charge is 0.337 e. The first kappa shape index (κ1) is 18.3. The Kier molecular flexibility index (Phi) is 4.87. The molecule has 0 aliphatic heterocycles. The number of fused-ring (bicyclic) bond motifs is 2. The molecule has 0 saturated carbocycles. The lowest BCUT2D eigenvalue weighted by atomic mass is 9.77. The summed E-state index contributed by atoms with van der Waals surface area (Å²) in [6, 6.07) is 0. The monoisotopic (exact) mass is 336 g/mol. The highest BCUT2D eigenvalue weighted by atomic mass is 28.4. The third-order valence-corrected chi connectivity index (χ3v) is 10.2. The Morgan fingerprint density at radius 3 is 2.35 bits per heavy atom. The molecule has 0 saturated heterocycles. The van der Waals surface area contributed by atoms with Gasteiger partial charge in [-0.15, -0.1) is 0 Å². The van der Waals surface area contributed by atoms with Gasteiger partial charge in [0.1, 0.15) is 0 Å². The molecule has 0 amide bonds. The molecule has 130 valence electrons. The van der Waals surface area contributed by atoms with Gasteiger partial charge >= 0.3 is 5.97 Å². The Labute approximate surface area is 142 Å². The van der Waals surface area contributed by atoms with E-state index in [0.717, 1.165) is 17.8 Å². The van der Waals surface area contributed by atoms with Crippen LogP contribution in [0.25, 0.3) is 0 Å². The zero-order valence-corrected chi connectivity index (χ0v) is 16.9. The number of carbonyl (C=O) groups excluding carboxylic acids is 1. The van der Waals surface area contributed by atoms with Crippen LogP contribution in [0.2, 0.25) is 18.1 Å². The lowest BCUT2D eigenvalue weighted by Gasteiger charge is -2.39. The summed E-state index contributed by atoms with van der Waals surface area (Å²) < 4.78 is 11.7. The second-order valence-corrected chi connectivity index (χ2v) is 13.5. The van der Waals surface area contributed by atoms with Crippen molar-refractivity contribution < 1.29 is 14.0 Å². The fourth-order valence-electron chi connectivity index (χ4n) is 3.39. The molecule has 2 bridgehead atoms. The first-order valence-corrected chi connectivity index (χ1v) is 11.6. The van der Waals surface area contributed by atoms with Crippen LogP contribution in [0.3, 0.4) is 0 Å². The van der Waals surface area contributed by atoms with Crippen molar-refractivity contribution in [3.05, 3.63) is 23.5 Å². The molecular formula is C19H32O3Si. The fourth-order valence-corrected chi connectivity index (χ4v) is 4.51. The highest BCUT2D eigenvalue weighted by Crippen LogP contribution is 2.51. The number of ether oxygens (including phenoxy) is 1. The van der Waals surface area contributed by atoms with Gasteiger partial charge in [-0.1, -0.05) is 46.8 Å². The minimum atomic E-state index is -1.99. The first-order valence-electron chi connectivity index (χ1n) is 8.69. The zero-order chi connectivity index (χ0) is 17.6. The van der Waals surface area contributed by atoms with Crippen molar-refractivity contribution in [3.8, 4) is 0 Å². The van der Waals surface area contributed by atoms with Crippen molar-refractivity contribution in [2.75, 3.05) is 7.11 Å². The number of methoxy groups -OCH3 is 1. The fraction of sp³-hybridized carbons (Fsp3) is 0.737. The van der Waals surface area contributed by atoms with Crippen LogP contribution in [-0.4, -0.2) is 21.4 Å². The molecule has 0 aromatic rings. The summed E-state index contributed by atoms with van der Waals surface area (Å²) in [5.41, 5.74) is 0.765. The molecule has 2 aliphatic rings. The van der Waals surface area contributed by atoms with E-state index in [2.05, 4.69) is 59.9 Å². The molecule has 0 aromatic carbocycles. The van der Waals surface area contributed by atoms with Gasteiger partial charge in [-0.2, -0.15) is 0 Å². The highest BCUT2D eigenvalue weighted by Gasteiger charge is 2.48. The summed E-state index contributed by atoms with van der Waals surface area (Å²) in [6.45, 7) is 15.7. The normalized spacial score (nSPS) is 27.6. The van der Waals surface area contributed by atoms with Crippen molar-refractivity contribution in [1.82, 2.24) is 0 Å². The molecule has 0 radical (unpaired) electrons. The van der Waals surface area contributed by atoms with E-state index in [1.54, 1.807) is 0 Å². The van der Waals surface area contributed by atoms with Crippen LogP contribution >= 0.6 is 0 Å². The van der Waals surface area contributed by atoms with Crippen molar-refractivity contribution in [3.63, 3.8) is 0 Å². The summed E-state index contributed by atoms with van der Waals surface area (Å²) in [5.74, 6) is 2.15. The van der Waals surface area contributed by atoms with Gasteiger partial charge < -0.3 is 9.16 Å². The van der Waals surface area contributed by atoms with Crippen LogP contribution in [0.4, 0.5) is 0 Å².